The van der Waals surface area contributed by atoms with Gasteiger partial charge in [0.15, 0.2) is 0 Å². The van der Waals surface area contributed by atoms with Crippen molar-refractivity contribution in [3.8, 4) is 11.5 Å². The lowest BCUT2D eigenvalue weighted by Crippen LogP contribution is -2.12. The van der Waals surface area contributed by atoms with E-state index in [1.807, 2.05) is 30.3 Å². The second-order valence-electron chi connectivity index (χ2n) is 4.18. The van der Waals surface area contributed by atoms with Crippen LogP contribution in [0.4, 0.5) is 0 Å². The number of pyridine rings is 1. The maximum Gasteiger partial charge on any atom is 0.150 e. The highest BCUT2D eigenvalue weighted by atomic mass is 16.5. The van der Waals surface area contributed by atoms with Crippen LogP contribution in [0.2, 0.25) is 0 Å². The van der Waals surface area contributed by atoms with E-state index in [4.69, 9.17) is 4.74 Å². The van der Waals surface area contributed by atoms with Crippen LogP contribution in [0, 0.1) is 6.92 Å². The van der Waals surface area contributed by atoms with Crippen molar-refractivity contribution in [3.05, 3.63) is 53.9 Å². The van der Waals surface area contributed by atoms with E-state index in [-0.39, 0.29) is 0 Å². The van der Waals surface area contributed by atoms with Gasteiger partial charge >= 0.3 is 0 Å². The molecule has 1 N–H and O–H groups in total. The molecule has 1 aromatic heterocycles. The molecule has 0 fully saturated rings. The fourth-order valence-electron chi connectivity index (χ4n) is 1.64. The number of nitrogens with one attached hydrogen (secondary N) is 1. The number of aryl methyl sites for hydroxylation is 1. The van der Waals surface area contributed by atoms with Gasteiger partial charge in [-0.15, -0.1) is 0 Å². The summed E-state index contributed by atoms with van der Waals surface area (Å²) in [5.41, 5.74) is 2.34. The minimum atomic E-state index is 0.792. The molecule has 0 atom stereocenters. The van der Waals surface area contributed by atoms with E-state index >= 15 is 0 Å². The van der Waals surface area contributed by atoms with E-state index < -0.39 is 0 Å². The van der Waals surface area contributed by atoms with Crippen LogP contribution in [-0.4, -0.2) is 11.5 Å². The lowest BCUT2D eigenvalue weighted by atomic mass is 10.2. The first-order chi connectivity index (χ1) is 8.79. The van der Waals surface area contributed by atoms with E-state index in [2.05, 4.69) is 24.1 Å². The van der Waals surface area contributed by atoms with Crippen LogP contribution in [0.25, 0.3) is 0 Å². The highest BCUT2D eigenvalue weighted by Gasteiger charge is 2.04. The number of hydrogen-bond donors (Lipinski definition) is 1. The summed E-state index contributed by atoms with van der Waals surface area (Å²) in [5.74, 6) is 1.65. The molecule has 18 heavy (non-hydrogen) atoms. The molecule has 94 valence electrons. The first-order valence-corrected chi connectivity index (χ1v) is 6.17. The van der Waals surface area contributed by atoms with Crippen molar-refractivity contribution in [1.82, 2.24) is 10.3 Å². The molecular formula is C15H18N2O. The van der Waals surface area contributed by atoms with Gasteiger partial charge in [-0.1, -0.05) is 24.6 Å². The number of hydrogen-bond acceptors (Lipinski definition) is 3. The molecule has 1 heterocycles. The van der Waals surface area contributed by atoms with Crippen molar-refractivity contribution in [2.75, 3.05) is 6.54 Å². The van der Waals surface area contributed by atoms with E-state index in [1.54, 1.807) is 12.4 Å². The van der Waals surface area contributed by atoms with Gasteiger partial charge in [0.05, 0.1) is 6.20 Å². The number of nitrogens with zero attached hydrogens (tertiary/aromatic N) is 1. The Hall–Kier alpha value is -1.87. The average molecular weight is 242 g/mol. The highest BCUT2D eigenvalue weighted by Crippen LogP contribution is 2.24. The Labute approximate surface area is 108 Å². The first-order valence-electron chi connectivity index (χ1n) is 6.17. The second-order valence-corrected chi connectivity index (χ2v) is 4.18. The molecule has 2 rings (SSSR count). The Balaban J connectivity index is 2.15. The second kappa shape index (κ2) is 6.17. The van der Waals surface area contributed by atoms with Gasteiger partial charge in [0.2, 0.25) is 0 Å². The Bertz CT molecular complexity index is 494. The van der Waals surface area contributed by atoms with E-state index in [0.717, 1.165) is 30.2 Å². The number of rotatable bonds is 5. The summed E-state index contributed by atoms with van der Waals surface area (Å²) in [5, 5.41) is 3.29. The summed E-state index contributed by atoms with van der Waals surface area (Å²) in [6, 6.07) is 10.00. The molecular weight excluding hydrogens is 224 g/mol. The molecule has 2 aromatic rings. The standard InChI is InChI=1S/C15H18N2O/c1-3-16-10-13-8-9-17-11-15(13)18-14-6-4-12(2)5-7-14/h4-9,11,16H,3,10H2,1-2H3. The number of benzene rings is 1. The normalized spacial score (nSPS) is 10.3. The van der Waals surface area contributed by atoms with Crippen LogP contribution in [0.15, 0.2) is 42.7 Å². The van der Waals surface area contributed by atoms with Crippen LogP contribution in [0.5, 0.6) is 11.5 Å². The molecule has 0 saturated carbocycles. The zero-order valence-electron chi connectivity index (χ0n) is 10.8. The number of aromatic nitrogens is 1. The Morgan fingerprint density at radius 2 is 1.94 bits per heavy atom. The zero-order valence-corrected chi connectivity index (χ0v) is 10.8. The predicted octanol–water partition coefficient (Wildman–Crippen LogP) is 3.29. The number of ether oxygens (including phenoxy) is 1. The minimum Gasteiger partial charge on any atom is -0.455 e. The van der Waals surface area contributed by atoms with Gasteiger partial charge in [-0.25, -0.2) is 0 Å². The summed E-state index contributed by atoms with van der Waals surface area (Å²) in [7, 11) is 0. The third-order valence-electron chi connectivity index (χ3n) is 2.68. The van der Waals surface area contributed by atoms with E-state index in [0.29, 0.717) is 0 Å². The van der Waals surface area contributed by atoms with Crippen molar-refractivity contribution >= 4 is 0 Å². The van der Waals surface area contributed by atoms with Crippen LogP contribution >= 0.6 is 0 Å². The summed E-state index contributed by atoms with van der Waals surface area (Å²) < 4.78 is 5.86. The smallest absolute Gasteiger partial charge is 0.150 e. The maximum atomic E-state index is 5.86. The van der Waals surface area contributed by atoms with Crippen molar-refractivity contribution in [2.45, 2.75) is 20.4 Å². The van der Waals surface area contributed by atoms with Crippen LogP contribution in [-0.2, 0) is 6.54 Å². The van der Waals surface area contributed by atoms with Crippen LogP contribution < -0.4 is 10.1 Å². The Kier molecular flexibility index (Phi) is 4.31. The fourth-order valence-corrected chi connectivity index (χ4v) is 1.64. The van der Waals surface area contributed by atoms with Crippen molar-refractivity contribution in [1.29, 1.82) is 0 Å². The van der Waals surface area contributed by atoms with E-state index in [1.165, 1.54) is 5.56 Å². The quantitative estimate of drug-likeness (QED) is 0.873. The SMILES string of the molecule is CCNCc1ccncc1Oc1ccc(C)cc1. The third-order valence-corrected chi connectivity index (χ3v) is 2.68. The molecule has 1 aromatic carbocycles. The van der Waals surface area contributed by atoms with Crippen molar-refractivity contribution in [2.24, 2.45) is 0 Å². The van der Waals surface area contributed by atoms with Gasteiger partial charge in [-0.05, 0) is 31.7 Å². The predicted molar refractivity (Wildman–Crippen MR) is 72.9 cm³/mol. The van der Waals surface area contributed by atoms with Gasteiger partial charge in [-0.3, -0.25) is 4.98 Å². The van der Waals surface area contributed by atoms with Crippen molar-refractivity contribution < 1.29 is 4.74 Å². The Morgan fingerprint density at radius 3 is 2.67 bits per heavy atom. The van der Waals surface area contributed by atoms with Crippen molar-refractivity contribution in [3.63, 3.8) is 0 Å². The molecule has 0 saturated heterocycles. The topological polar surface area (TPSA) is 34.2 Å². The monoisotopic (exact) mass is 242 g/mol. The van der Waals surface area contributed by atoms with Crippen LogP contribution in [0.1, 0.15) is 18.1 Å². The van der Waals surface area contributed by atoms with Gasteiger partial charge in [0, 0.05) is 18.3 Å². The molecule has 0 spiro atoms. The molecule has 0 aliphatic heterocycles. The largest absolute Gasteiger partial charge is 0.455 e. The molecule has 0 radical (unpaired) electrons. The van der Waals surface area contributed by atoms with Gasteiger partial charge in [0.25, 0.3) is 0 Å². The Morgan fingerprint density at radius 1 is 1.17 bits per heavy atom. The molecule has 0 aliphatic rings. The average Bonchev–Trinajstić information content (AvgIpc) is 2.40. The molecule has 3 heteroatoms. The molecule has 0 amide bonds. The molecule has 0 bridgehead atoms. The summed E-state index contributed by atoms with van der Waals surface area (Å²) in [6.45, 7) is 5.87. The molecule has 0 aliphatic carbocycles. The van der Waals surface area contributed by atoms with Crippen LogP contribution in [0.3, 0.4) is 0 Å². The first kappa shape index (κ1) is 12.6. The molecule has 3 nitrogen and oxygen atoms in total. The van der Waals surface area contributed by atoms with Gasteiger partial charge < -0.3 is 10.1 Å². The highest BCUT2D eigenvalue weighted by molar-refractivity contribution is 5.36. The zero-order chi connectivity index (χ0) is 12.8. The lowest BCUT2D eigenvalue weighted by Gasteiger charge is -2.10. The summed E-state index contributed by atoms with van der Waals surface area (Å²) >= 11 is 0. The van der Waals surface area contributed by atoms with Gasteiger partial charge in [-0.2, -0.15) is 0 Å². The summed E-state index contributed by atoms with van der Waals surface area (Å²) in [4.78, 5) is 4.11. The fraction of sp³-hybridized carbons (Fsp3) is 0.267. The van der Waals surface area contributed by atoms with E-state index in [9.17, 15) is 0 Å². The minimum absolute atomic E-state index is 0.792. The third kappa shape index (κ3) is 3.31. The molecule has 0 unspecified atom stereocenters. The maximum absolute atomic E-state index is 5.86. The lowest BCUT2D eigenvalue weighted by molar-refractivity contribution is 0.470. The summed E-state index contributed by atoms with van der Waals surface area (Å²) in [6.07, 6.45) is 3.54. The van der Waals surface area contributed by atoms with Gasteiger partial charge in [0.1, 0.15) is 11.5 Å².